The van der Waals surface area contributed by atoms with Gasteiger partial charge in [-0.15, -0.1) is 5.10 Å². The number of rotatable bonds is 1. The largest absolute Gasteiger partial charge is 0.309 e. The fourth-order valence-corrected chi connectivity index (χ4v) is 2.29. The topological polar surface area (TPSA) is 137 Å². The number of allylic oxidation sites excluding steroid dienone is 2. The number of dihydropyridines is 1. The van der Waals surface area contributed by atoms with Crippen LogP contribution in [0, 0.1) is 10.8 Å². The normalized spacial score (nSPS) is 13.3. The van der Waals surface area contributed by atoms with Gasteiger partial charge in [0, 0.05) is 47.4 Å². The van der Waals surface area contributed by atoms with Gasteiger partial charge >= 0.3 is 0 Å². The summed E-state index contributed by atoms with van der Waals surface area (Å²) in [7, 11) is 0. The van der Waals surface area contributed by atoms with E-state index in [1.54, 1.807) is 49.4 Å². The molecular formula is C21H17N9. The Bertz CT molecular complexity index is 1040. The number of nitrogens with zero attached hydrogens (tertiary/aromatic N) is 7. The Hall–Kier alpha value is -4.53. The average Bonchev–Trinajstić information content (AvgIpc) is 2.82. The zero-order chi connectivity index (χ0) is 21.0. The molecule has 1 aliphatic rings. The molecule has 9 nitrogen and oxygen atoms in total. The molecule has 0 unspecified atom stereocenters. The Morgan fingerprint density at radius 3 is 2.60 bits per heavy atom. The van der Waals surface area contributed by atoms with Gasteiger partial charge in [0.1, 0.15) is 6.33 Å². The van der Waals surface area contributed by atoms with Crippen molar-refractivity contribution >= 4 is 40.2 Å². The van der Waals surface area contributed by atoms with Crippen LogP contribution < -0.4 is 0 Å². The van der Waals surface area contributed by atoms with Gasteiger partial charge in [0.05, 0.1) is 17.9 Å². The Labute approximate surface area is 172 Å². The second kappa shape index (κ2) is 10.7. The van der Waals surface area contributed by atoms with E-state index in [-0.39, 0.29) is 5.84 Å². The third-order valence-corrected chi connectivity index (χ3v) is 3.70. The third-order valence-electron chi connectivity index (χ3n) is 3.70. The standard InChI is InChI=1S/2C7H5N3.C7H7N3/c1-2-8-4-7-6(1)3-9-5-10-7;1-2-6-3-5-9-10-7(6)8-4-1;8-4-3-6-2-1-5-10-7(6)9/h2*1-5H;1-5,8-9H/b;;6-3-,8-4?,9-7?. The Balaban J connectivity index is 0.000000128. The molecule has 146 valence electrons. The molecule has 0 aromatic carbocycles. The summed E-state index contributed by atoms with van der Waals surface area (Å²) in [5.74, 6) is 0.214. The summed E-state index contributed by atoms with van der Waals surface area (Å²) < 4.78 is 0. The number of hydrogen-bond donors (Lipinski definition) is 2. The number of pyridine rings is 2. The number of aromatic nitrogens is 6. The van der Waals surface area contributed by atoms with Crippen molar-refractivity contribution in [1.29, 1.82) is 10.8 Å². The van der Waals surface area contributed by atoms with Crippen molar-refractivity contribution in [2.24, 2.45) is 4.99 Å². The van der Waals surface area contributed by atoms with Gasteiger partial charge < -0.3 is 5.41 Å². The maximum Gasteiger partial charge on any atom is 0.181 e. The molecule has 0 saturated heterocycles. The molecule has 0 atom stereocenters. The fourth-order valence-electron chi connectivity index (χ4n) is 2.29. The number of fused-ring (bicyclic) bond motifs is 2. The van der Waals surface area contributed by atoms with Gasteiger partial charge in [-0.25, -0.2) is 19.9 Å². The van der Waals surface area contributed by atoms with Gasteiger partial charge in [0.25, 0.3) is 0 Å². The molecule has 0 radical (unpaired) electrons. The first-order chi connectivity index (χ1) is 14.8. The SMILES string of the molecule is N=C/C=C1/C=CC=NC1=N.c1cc2cncnc2cn1.c1cnc2nnccc2c1. The summed E-state index contributed by atoms with van der Waals surface area (Å²) in [5.41, 5.74) is 2.26. The average molecular weight is 395 g/mol. The highest BCUT2D eigenvalue weighted by Crippen LogP contribution is 2.05. The first kappa shape index (κ1) is 20.2. The predicted molar refractivity (Wildman–Crippen MR) is 117 cm³/mol. The van der Waals surface area contributed by atoms with Crippen LogP contribution in [0.15, 0.2) is 90.4 Å². The highest BCUT2D eigenvalue weighted by atomic mass is 15.1. The minimum atomic E-state index is 0.214. The van der Waals surface area contributed by atoms with Gasteiger partial charge in [0.2, 0.25) is 0 Å². The van der Waals surface area contributed by atoms with Gasteiger partial charge in [-0.3, -0.25) is 10.4 Å². The molecule has 4 aromatic rings. The van der Waals surface area contributed by atoms with Gasteiger partial charge in [-0.2, -0.15) is 5.10 Å². The molecule has 1 aliphatic heterocycles. The summed E-state index contributed by atoms with van der Waals surface area (Å²) in [6, 6.07) is 7.60. The van der Waals surface area contributed by atoms with Crippen molar-refractivity contribution in [3.8, 4) is 0 Å². The highest BCUT2D eigenvalue weighted by molar-refractivity contribution is 6.08. The lowest BCUT2D eigenvalue weighted by molar-refractivity contribution is 1.05. The van der Waals surface area contributed by atoms with Crippen LogP contribution in [-0.2, 0) is 0 Å². The molecule has 0 amide bonds. The van der Waals surface area contributed by atoms with E-state index in [1.165, 1.54) is 12.4 Å². The molecule has 4 aromatic heterocycles. The number of nitrogens with one attached hydrogen (secondary N) is 2. The van der Waals surface area contributed by atoms with E-state index in [9.17, 15) is 0 Å². The second-order valence-electron chi connectivity index (χ2n) is 5.68. The van der Waals surface area contributed by atoms with E-state index < -0.39 is 0 Å². The van der Waals surface area contributed by atoms with Gasteiger partial charge in [-0.05, 0) is 42.5 Å². The monoisotopic (exact) mass is 395 g/mol. The van der Waals surface area contributed by atoms with E-state index in [1.807, 2.05) is 24.3 Å². The smallest absolute Gasteiger partial charge is 0.181 e. The molecule has 5 heterocycles. The van der Waals surface area contributed by atoms with E-state index in [4.69, 9.17) is 10.8 Å². The quantitative estimate of drug-likeness (QED) is 0.475. The summed E-state index contributed by atoms with van der Waals surface area (Å²) in [5, 5.41) is 23.5. The lowest BCUT2D eigenvalue weighted by atomic mass is 10.2. The lowest BCUT2D eigenvalue weighted by Crippen LogP contribution is -1.99. The molecule has 5 rings (SSSR count). The summed E-state index contributed by atoms with van der Waals surface area (Å²) in [6.45, 7) is 0. The van der Waals surface area contributed by atoms with Crippen molar-refractivity contribution in [3.05, 3.63) is 85.4 Å². The van der Waals surface area contributed by atoms with E-state index in [0.29, 0.717) is 11.2 Å². The van der Waals surface area contributed by atoms with Crippen LogP contribution in [0.4, 0.5) is 0 Å². The molecule has 30 heavy (non-hydrogen) atoms. The second-order valence-corrected chi connectivity index (χ2v) is 5.68. The zero-order valence-corrected chi connectivity index (χ0v) is 15.8. The highest BCUT2D eigenvalue weighted by Gasteiger charge is 1.99. The maximum absolute atomic E-state index is 7.23. The van der Waals surface area contributed by atoms with E-state index >= 15 is 0 Å². The third kappa shape index (κ3) is 5.73. The van der Waals surface area contributed by atoms with E-state index in [0.717, 1.165) is 22.5 Å². The molecule has 0 aliphatic carbocycles. The van der Waals surface area contributed by atoms with Crippen LogP contribution in [0.1, 0.15) is 0 Å². The Kier molecular flexibility index (Phi) is 7.22. The first-order valence-corrected chi connectivity index (χ1v) is 8.80. The predicted octanol–water partition coefficient (Wildman–Crippen LogP) is 3.23. The molecule has 0 spiro atoms. The minimum Gasteiger partial charge on any atom is -0.309 e. The van der Waals surface area contributed by atoms with Gasteiger partial charge in [-0.1, -0.05) is 0 Å². The summed E-state index contributed by atoms with van der Waals surface area (Å²) >= 11 is 0. The van der Waals surface area contributed by atoms with Gasteiger partial charge in [0.15, 0.2) is 11.5 Å². The van der Waals surface area contributed by atoms with Crippen LogP contribution in [0.25, 0.3) is 21.9 Å². The van der Waals surface area contributed by atoms with Crippen LogP contribution in [0.5, 0.6) is 0 Å². The number of aliphatic imine (C=N–C) groups is 1. The van der Waals surface area contributed by atoms with Crippen molar-refractivity contribution in [2.45, 2.75) is 0 Å². The fraction of sp³-hybridized carbons (Fsp3) is 0. The van der Waals surface area contributed by atoms with Crippen LogP contribution >= 0.6 is 0 Å². The zero-order valence-electron chi connectivity index (χ0n) is 15.8. The number of hydrogen-bond acceptors (Lipinski definition) is 8. The van der Waals surface area contributed by atoms with Crippen molar-refractivity contribution in [2.75, 3.05) is 0 Å². The van der Waals surface area contributed by atoms with E-state index in [2.05, 4.69) is 35.1 Å². The Morgan fingerprint density at radius 1 is 0.900 bits per heavy atom. The van der Waals surface area contributed by atoms with Crippen molar-refractivity contribution in [1.82, 2.24) is 30.1 Å². The molecule has 0 saturated carbocycles. The Morgan fingerprint density at radius 2 is 1.80 bits per heavy atom. The summed E-state index contributed by atoms with van der Waals surface area (Å²) in [6.07, 6.45) is 17.8. The summed E-state index contributed by atoms with van der Waals surface area (Å²) in [4.78, 5) is 19.5. The van der Waals surface area contributed by atoms with Crippen LogP contribution in [-0.4, -0.2) is 48.4 Å². The molecule has 0 bridgehead atoms. The maximum atomic E-state index is 7.23. The molecule has 0 fully saturated rings. The minimum absolute atomic E-state index is 0.214. The number of amidine groups is 1. The molecular weight excluding hydrogens is 378 g/mol. The molecule has 2 N–H and O–H groups in total. The van der Waals surface area contributed by atoms with Crippen LogP contribution in [0.2, 0.25) is 0 Å². The lowest BCUT2D eigenvalue weighted by Gasteiger charge is -1.99. The van der Waals surface area contributed by atoms with Crippen molar-refractivity contribution < 1.29 is 0 Å². The first-order valence-electron chi connectivity index (χ1n) is 8.80. The molecule has 9 heteroatoms. The van der Waals surface area contributed by atoms with Crippen LogP contribution in [0.3, 0.4) is 0 Å². The van der Waals surface area contributed by atoms with Crippen molar-refractivity contribution in [3.63, 3.8) is 0 Å².